The van der Waals surface area contributed by atoms with Gasteiger partial charge in [0, 0.05) is 18.1 Å². The third-order valence-electron chi connectivity index (χ3n) is 3.21. The maximum absolute atomic E-state index is 5.91. The summed E-state index contributed by atoms with van der Waals surface area (Å²) in [5.41, 5.74) is 1.22. The van der Waals surface area contributed by atoms with E-state index in [-0.39, 0.29) is 12.1 Å². The number of hydrogen-bond donors (Lipinski definition) is 1. The number of rotatable bonds is 3. The predicted octanol–water partition coefficient (Wildman–Crippen LogP) is 1.93. The molecule has 1 aliphatic rings. The van der Waals surface area contributed by atoms with Gasteiger partial charge in [-0.25, -0.2) is 0 Å². The SMILES string of the molecule is CNC(c1ccc(Cl)cc1)C1CN(C)CCO1. The minimum Gasteiger partial charge on any atom is -0.374 e. The molecule has 0 radical (unpaired) electrons. The number of halogens is 1. The summed E-state index contributed by atoms with van der Waals surface area (Å²) in [5, 5.41) is 4.10. The number of ether oxygens (including phenoxy) is 1. The van der Waals surface area contributed by atoms with E-state index in [2.05, 4.69) is 29.4 Å². The number of nitrogens with zero attached hydrogens (tertiary/aromatic N) is 1. The predicted molar refractivity (Wildman–Crippen MR) is 70.5 cm³/mol. The van der Waals surface area contributed by atoms with Gasteiger partial charge in [-0.1, -0.05) is 23.7 Å². The smallest absolute Gasteiger partial charge is 0.0896 e. The van der Waals surface area contributed by atoms with Crippen LogP contribution in [0.4, 0.5) is 0 Å². The summed E-state index contributed by atoms with van der Waals surface area (Å²) >= 11 is 5.91. The van der Waals surface area contributed by atoms with E-state index < -0.39 is 0 Å². The Bertz CT molecular complexity index is 355. The highest BCUT2D eigenvalue weighted by atomic mass is 35.5. The molecule has 0 aromatic heterocycles. The van der Waals surface area contributed by atoms with Crippen molar-refractivity contribution in [2.75, 3.05) is 33.8 Å². The van der Waals surface area contributed by atoms with Crippen LogP contribution in [0, 0.1) is 0 Å². The minimum atomic E-state index is 0.194. The third kappa shape index (κ3) is 3.19. The normalized spacial score (nSPS) is 23.6. The Morgan fingerprint density at radius 3 is 2.71 bits per heavy atom. The van der Waals surface area contributed by atoms with E-state index in [9.17, 15) is 0 Å². The number of likely N-dealkylation sites (N-methyl/N-ethyl adjacent to an activating group) is 2. The first kappa shape index (κ1) is 12.8. The molecule has 0 saturated carbocycles. The van der Waals surface area contributed by atoms with Crippen LogP contribution in [0.5, 0.6) is 0 Å². The second-order valence-corrected chi connectivity index (χ2v) is 4.93. The summed E-state index contributed by atoms with van der Waals surface area (Å²) in [6.45, 7) is 2.76. The monoisotopic (exact) mass is 254 g/mol. The molecule has 17 heavy (non-hydrogen) atoms. The molecule has 2 rings (SSSR count). The van der Waals surface area contributed by atoms with Crippen molar-refractivity contribution in [1.82, 2.24) is 10.2 Å². The molecule has 4 heteroatoms. The Morgan fingerprint density at radius 2 is 2.12 bits per heavy atom. The summed E-state index contributed by atoms with van der Waals surface area (Å²) in [6.07, 6.45) is 0.194. The van der Waals surface area contributed by atoms with Crippen molar-refractivity contribution >= 4 is 11.6 Å². The van der Waals surface area contributed by atoms with Gasteiger partial charge in [-0.15, -0.1) is 0 Å². The Labute approximate surface area is 108 Å². The molecule has 1 fully saturated rings. The van der Waals surface area contributed by atoms with E-state index in [1.54, 1.807) is 0 Å². The van der Waals surface area contributed by atoms with Gasteiger partial charge in [-0.3, -0.25) is 0 Å². The summed E-state index contributed by atoms with van der Waals surface area (Å²) in [5.74, 6) is 0. The van der Waals surface area contributed by atoms with Crippen molar-refractivity contribution in [2.45, 2.75) is 12.1 Å². The number of nitrogens with one attached hydrogen (secondary N) is 1. The molecule has 1 aliphatic heterocycles. The zero-order valence-electron chi connectivity index (χ0n) is 10.3. The molecule has 3 nitrogen and oxygen atoms in total. The summed E-state index contributed by atoms with van der Waals surface area (Å²) in [4.78, 5) is 2.30. The molecule has 2 atom stereocenters. The highest BCUT2D eigenvalue weighted by molar-refractivity contribution is 6.30. The largest absolute Gasteiger partial charge is 0.374 e. The molecule has 1 heterocycles. The van der Waals surface area contributed by atoms with E-state index in [0.717, 1.165) is 24.7 Å². The molecule has 2 unspecified atom stereocenters. The molecule has 0 aliphatic carbocycles. The van der Waals surface area contributed by atoms with Gasteiger partial charge in [0.2, 0.25) is 0 Å². The molecular formula is C13H19ClN2O. The first-order valence-electron chi connectivity index (χ1n) is 5.93. The zero-order chi connectivity index (χ0) is 12.3. The summed E-state index contributed by atoms with van der Waals surface area (Å²) in [6, 6.07) is 8.18. The van der Waals surface area contributed by atoms with Gasteiger partial charge in [0.15, 0.2) is 0 Å². The molecule has 0 bridgehead atoms. The van der Waals surface area contributed by atoms with Crippen molar-refractivity contribution in [3.05, 3.63) is 34.9 Å². The first-order valence-corrected chi connectivity index (χ1v) is 6.31. The number of hydrogen-bond acceptors (Lipinski definition) is 3. The average molecular weight is 255 g/mol. The van der Waals surface area contributed by atoms with E-state index in [4.69, 9.17) is 16.3 Å². The molecule has 94 valence electrons. The van der Waals surface area contributed by atoms with Crippen LogP contribution in [-0.2, 0) is 4.74 Å². The molecule has 1 saturated heterocycles. The Kier molecular flexibility index (Phi) is 4.40. The second kappa shape index (κ2) is 5.83. The Hall–Kier alpha value is -0.610. The molecule has 0 spiro atoms. The fourth-order valence-corrected chi connectivity index (χ4v) is 2.38. The van der Waals surface area contributed by atoms with E-state index in [1.165, 1.54) is 5.56 Å². The van der Waals surface area contributed by atoms with Crippen LogP contribution in [-0.4, -0.2) is 44.8 Å². The maximum atomic E-state index is 5.91. The average Bonchev–Trinajstić information content (AvgIpc) is 2.33. The molecule has 1 aromatic rings. The quantitative estimate of drug-likeness (QED) is 0.892. The van der Waals surface area contributed by atoms with Crippen molar-refractivity contribution < 1.29 is 4.74 Å². The van der Waals surface area contributed by atoms with Gasteiger partial charge < -0.3 is 15.0 Å². The standard InChI is InChI=1S/C13H19ClN2O/c1-15-13(10-3-5-11(14)6-4-10)12-9-16(2)7-8-17-12/h3-6,12-13,15H,7-9H2,1-2H3. The van der Waals surface area contributed by atoms with Crippen LogP contribution in [0.1, 0.15) is 11.6 Å². The highest BCUT2D eigenvalue weighted by Crippen LogP contribution is 2.23. The van der Waals surface area contributed by atoms with Crippen LogP contribution in [0.15, 0.2) is 24.3 Å². The van der Waals surface area contributed by atoms with Crippen molar-refractivity contribution in [2.24, 2.45) is 0 Å². The topological polar surface area (TPSA) is 24.5 Å². The van der Waals surface area contributed by atoms with E-state index in [1.807, 2.05) is 19.2 Å². The molecule has 0 amide bonds. The first-order chi connectivity index (χ1) is 8.20. The van der Waals surface area contributed by atoms with E-state index >= 15 is 0 Å². The van der Waals surface area contributed by atoms with Crippen LogP contribution < -0.4 is 5.32 Å². The lowest BCUT2D eigenvalue weighted by molar-refractivity contribution is -0.0380. The van der Waals surface area contributed by atoms with Crippen LogP contribution in [0.3, 0.4) is 0 Å². The summed E-state index contributed by atoms with van der Waals surface area (Å²) in [7, 11) is 4.10. The highest BCUT2D eigenvalue weighted by Gasteiger charge is 2.26. The summed E-state index contributed by atoms with van der Waals surface area (Å²) < 4.78 is 5.85. The second-order valence-electron chi connectivity index (χ2n) is 4.49. The van der Waals surface area contributed by atoms with Gasteiger partial charge in [0.1, 0.15) is 0 Å². The number of morpholine rings is 1. The van der Waals surface area contributed by atoms with E-state index in [0.29, 0.717) is 0 Å². The van der Waals surface area contributed by atoms with Crippen LogP contribution >= 0.6 is 11.6 Å². The third-order valence-corrected chi connectivity index (χ3v) is 3.46. The van der Waals surface area contributed by atoms with Crippen molar-refractivity contribution in [3.63, 3.8) is 0 Å². The lowest BCUT2D eigenvalue weighted by Crippen LogP contribution is -2.46. The Morgan fingerprint density at radius 1 is 1.41 bits per heavy atom. The van der Waals surface area contributed by atoms with Gasteiger partial charge in [-0.2, -0.15) is 0 Å². The van der Waals surface area contributed by atoms with Crippen LogP contribution in [0.25, 0.3) is 0 Å². The van der Waals surface area contributed by atoms with Gasteiger partial charge in [0.25, 0.3) is 0 Å². The minimum absolute atomic E-state index is 0.194. The zero-order valence-corrected chi connectivity index (χ0v) is 11.1. The molecule has 1 aromatic carbocycles. The molecular weight excluding hydrogens is 236 g/mol. The number of benzene rings is 1. The Balaban J connectivity index is 2.12. The van der Waals surface area contributed by atoms with Gasteiger partial charge >= 0.3 is 0 Å². The lowest BCUT2D eigenvalue weighted by atomic mass is 10.0. The maximum Gasteiger partial charge on any atom is 0.0896 e. The van der Waals surface area contributed by atoms with Gasteiger partial charge in [-0.05, 0) is 31.8 Å². The fourth-order valence-electron chi connectivity index (χ4n) is 2.25. The van der Waals surface area contributed by atoms with Crippen molar-refractivity contribution in [3.8, 4) is 0 Å². The lowest BCUT2D eigenvalue weighted by Gasteiger charge is -2.35. The molecule has 1 N–H and O–H groups in total. The van der Waals surface area contributed by atoms with Crippen molar-refractivity contribution in [1.29, 1.82) is 0 Å². The van der Waals surface area contributed by atoms with Crippen LogP contribution in [0.2, 0.25) is 5.02 Å². The fraction of sp³-hybridized carbons (Fsp3) is 0.538. The van der Waals surface area contributed by atoms with Gasteiger partial charge in [0.05, 0.1) is 18.8 Å².